The Labute approximate surface area is 172 Å². The van der Waals surface area contributed by atoms with Crippen molar-refractivity contribution in [1.29, 1.82) is 0 Å². The van der Waals surface area contributed by atoms with Crippen molar-refractivity contribution in [3.05, 3.63) is 54.0 Å². The van der Waals surface area contributed by atoms with Gasteiger partial charge in [-0.1, -0.05) is 11.6 Å². The molecule has 1 saturated heterocycles. The molecule has 0 bridgehead atoms. The van der Waals surface area contributed by atoms with Crippen LogP contribution < -0.4 is 10.2 Å². The van der Waals surface area contributed by atoms with E-state index in [1.165, 1.54) is 0 Å². The summed E-state index contributed by atoms with van der Waals surface area (Å²) in [5.74, 6) is 1.46. The number of imidazole rings is 1. The van der Waals surface area contributed by atoms with Crippen LogP contribution in [0.15, 0.2) is 43.2 Å². The topological polar surface area (TPSA) is 99.9 Å². The van der Waals surface area contributed by atoms with Crippen LogP contribution in [0.2, 0.25) is 5.15 Å². The molecule has 0 amide bonds. The molecule has 2 N–H and O–H groups in total. The van der Waals surface area contributed by atoms with E-state index in [1.807, 2.05) is 22.9 Å². The lowest BCUT2D eigenvalue weighted by molar-refractivity contribution is 0.291. The molecular formula is C19H20ClN9. The fraction of sp³-hybridized carbons (Fsp3) is 0.316. The van der Waals surface area contributed by atoms with Gasteiger partial charge in [-0.25, -0.2) is 19.9 Å². The van der Waals surface area contributed by atoms with Gasteiger partial charge in [0.2, 0.25) is 0 Å². The van der Waals surface area contributed by atoms with E-state index in [-0.39, 0.29) is 11.6 Å². The molecule has 1 fully saturated rings. The molecule has 1 atom stereocenters. The smallest absolute Gasteiger partial charge is 0.180 e. The molecule has 0 aliphatic carbocycles. The highest BCUT2D eigenvalue weighted by Crippen LogP contribution is 2.28. The first-order chi connectivity index (χ1) is 14.0. The molecule has 1 unspecified atom stereocenters. The van der Waals surface area contributed by atoms with Gasteiger partial charge in [-0.3, -0.25) is 9.50 Å². The molecule has 5 rings (SSSR count). The third kappa shape index (κ3) is 3.43. The summed E-state index contributed by atoms with van der Waals surface area (Å²) in [7, 11) is 0. The Morgan fingerprint density at radius 3 is 2.90 bits per heavy atom. The number of halogens is 1. The number of hydrogen-bond donors (Lipinski definition) is 2. The Hall–Kier alpha value is -3.04. The first kappa shape index (κ1) is 18.0. The standard InChI is InChI=1S/C19H20ClN9/c1-19(2)11-28(9-13(27-19)12-5-24-25-6-12)16-3-4-21-18(26-16)14-7-23-17-8-22-15(20)10-29(14)17/h3-8,10,13,27H,9,11H2,1-2H3,(H,24,25). The number of fused-ring (bicyclic) bond motifs is 1. The van der Waals surface area contributed by atoms with Crippen molar-refractivity contribution in [1.82, 2.24) is 39.9 Å². The van der Waals surface area contributed by atoms with E-state index >= 15 is 0 Å². The summed E-state index contributed by atoms with van der Waals surface area (Å²) < 4.78 is 1.85. The Kier molecular flexibility index (Phi) is 4.21. The lowest BCUT2D eigenvalue weighted by Gasteiger charge is -2.44. The van der Waals surface area contributed by atoms with Gasteiger partial charge in [0.15, 0.2) is 11.5 Å². The second kappa shape index (κ2) is 6.78. The van der Waals surface area contributed by atoms with Gasteiger partial charge in [0.1, 0.15) is 16.7 Å². The number of piperazine rings is 1. The summed E-state index contributed by atoms with van der Waals surface area (Å²) in [6.07, 6.45) is 10.7. The van der Waals surface area contributed by atoms with Crippen LogP contribution >= 0.6 is 11.6 Å². The van der Waals surface area contributed by atoms with Gasteiger partial charge in [-0.15, -0.1) is 0 Å². The molecule has 1 aliphatic heterocycles. The van der Waals surface area contributed by atoms with Gasteiger partial charge in [0, 0.05) is 42.8 Å². The van der Waals surface area contributed by atoms with Gasteiger partial charge in [0.05, 0.1) is 24.6 Å². The van der Waals surface area contributed by atoms with Crippen molar-refractivity contribution >= 4 is 23.1 Å². The van der Waals surface area contributed by atoms with E-state index in [1.54, 1.807) is 24.8 Å². The number of nitrogens with one attached hydrogen (secondary N) is 2. The van der Waals surface area contributed by atoms with Crippen molar-refractivity contribution < 1.29 is 0 Å². The van der Waals surface area contributed by atoms with E-state index in [0.29, 0.717) is 16.6 Å². The van der Waals surface area contributed by atoms with Crippen molar-refractivity contribution in [2.75, 3.05) is 18.0 Å². The van der Waals surface area contributed by atoms with Gasteiger partial charge < -0.3 is 10.2 Å². The second-order valence-corrected chi connectivity index (χ2v) is 8.20. The molecule has 4 aromatic rings. The third-order valence-electron chi connectivity index (χ3n) is 5.03. The fourth-order valence-electron chi connectivity index (χ4n) is 3.82. The molecule has 9 nitrogen and oxygen atoms in total. The molecule has 5 heterocycles. The normalized spacial score (nSPS) is 19.0. The molecule has 1 aliphatic rings. The minimum absolute atomic E-state index is 0.0895. The van der Waals surface area contributed by atoms with Crippen LogP contribution in [0, 0.1) is 0 Å². The summed E-state index contributed by atoms with van der Waals surface area (Å²) in [5, 5.41) is 11.1. The zero-order chi connectivity index (χ0) is 20.0. The number of H-pyrrole nitrogens is 1. The Bertz CT molecular complexity index is 1150. The van der Waals surface area contributed by atoms with Crippen LogP contribution in [0.25, 0.3) is 17.2 Å². The predicted molar refractivity (Wildman–Crippen MR) is 110 cm³/mol. The highest BCUT2D eigenvalue weighted by atomic mass is 35.5. The van der Waals surface area contributed by atoms with Crippen molar-refractivity contribution in [2.45, 2.75) is 25.4 Å². The molecule has 0 aromatic carbocycles. The number of anilines is 1. The van der Waals surface area contributed by atoms with Crippen molar-refractivity contribution in [2.24, 2.45) is 0 Å². The predicted octanol–water partition coefficient (Wildman–Crippen LogP) is 2.49. The van der Waals surface area contributed by atoms with Gasteiger partial charge >= 0.3 is 0 Å². The third-order valence-corrected chi connectivity index (χ3v) is 5.23. The number of nitrogens with zero attached hydrogens (tertiary/aromatic N) is 7. The van der Waals surface area contributed by atoms with Crippen LogP contribution in [-0.4, -0.2) is 53.2 Å². The first-order valence-electron chi connectivity index (χ1n) is 9.32. The maximum absolute atomic E-state index is 6.06. The van der Waals surface area contributed by atoms with Crippen LogP contribution in [0.3, 0.4) is 0 Å². The summed E-state index contributed by atoms with van der Waals surface area (Å²) >= 11 is 6.06. The average molecular weight is 410 g/mol. The van der Waals surface area contributed by atoms with E-state index in [9.17, 15) is 0 Å². The average Bonchev–Trinajstić information content (AvgIpc) is 3.37. The molecule has 148 valence electrons. The zero-order valence-corrected chi connectivity index (χ0v) is 16.8. The lowest BCUT2D eigenvalue weighted by atomic mass is 9.96. The van der Waals surface area contributed by atoms with E-state index in [4.69, 9.17) is 16.6 Å². The van der Waals surface area contributed by atoms with Crippen LogP contribution in [0.4, 0.5) is 5.82 Å². The maximum atomic E-state index is 6.06. The van der Waals surface area contributed by atoms with E-state index < -0.39 is 0 Å². The van der Waals surface area contributed by atoms with Gasteiger partial charge in [-0.2, -0.15) is 5.10 Å². The Balaban J connectivity index is 1.51. The number of hydrogen-bond acceptors (Lipinski definition) is 7. The molecule has 10 heteroatoms. The minimum Gasteiger partial charge on any atom is -0.353 e. The van der Waals surface area contributed by atoms with E-state index in [2.05, 4.69) is 49.2 Å². The van der Waals surface area contributed by atoms with Crippen LogP contribution in [-0.2, 0) is 0 Å². The minimum atomic E-state index is -0.0895. The highest BCUT2D eigenvalue weighted by Gasteiger charge is 2.33. The van der Waals surface area contributed by atoms with Crippen molar-refractivity contribution in [3.63, 3.8) is 0 Å². The second-order valence-electron chi connectivity index (χ2n) is 7.81. The van der Waals surface area contributed by atoms with Gasteiger partial charge in [-0.05, 0) is 19.9 Å². The number of aromatic amines is 1. The number of aromatic nitrogens is 7. The number of rotatable bonds is 3. The van der Waals surface area contributed by atoms with E-state index in [0.717, 1.165) is 30.2 Å². The summed E-state index contributed by atoms with van der Waals surface area (Å²) in [6.45, 7) is 5.98. The first-order valence-corrected chi connectivity index (χ1v) is 9.70. The molecule has 29 heavy (non-hydrogen) atoms. The fourth-order valence-corrected chi connectivity index (χ4v) is 3.97. The van der Waals surface area contributed by atoms with Crippen molar-refractivity contribution in [3.8, 4) is 11.5 Å². The molecule has 4 aromatic heterocycles. The summed E-state index contributed by atoms with van der Waals surface area (Å²) in [4.78, 5) is 20.0. The molecule has 0 radical (unpaired) electrons. The Morgan fingerprint density at radius 1 is 1.17 bits per heavy atom. The Morgan fingerprint density at radius 2 is 2.07 bits per heavy atom. The summed E-state index contributed by atoms with van der Waals surface area (Å²) in [6, 6.07) is 2.09. The van der Waals surface area contributed by atoms with Crippen LogP contribution in [0.1, 0.15) is 25.5 Å². The SMILES string of the molecule is CC1(C)CN(c2ccnc(-c3cnc4cnc(Cl)cn34)n2)CC(c2cn[nH]c2)N1. The zero-order valence-electron chi connectivity index (χ0n) is 16.0. The lowest BCUT2D eigenvalue weighted by Crippen LogP contribution is -2.58. The monoisotopic (exact) mass is 409 g/mol. The molecule has 0 spiro atoms. The summed E-state index contributed by atoms with van der Waals surface area (Å²) in [5.41, 5.74) is 2.50. The highest BCUT2D eigenvalue weighted by molar-refractivity contribution is 6.29. The van der Waals surface area contributed by atoms with Crippen LogP contribution in [0.5, 0.6) is 0 Å². The van der Waals surface area contributed by atoms with Gasteiger partial charge in [0.25, 0.3) is 0 Å². The maximum Gasteiger partial charge on any atom is 0.180 e. The molecular weight excluding hydrogens is 390 g/mol. The molecule has 0 saturated carbocycles. The largest absolute Gasteiger partial charge is 0.353 e. The quantitative estimate of drug-likeness (QED) is 0.536.